The minimum Gasteiger partial charge on any atom is -0.389 e. The van der Waals surface area contributed by atoms with Gasteiger partial charge < -0.3 is 15.3 Å². The molecule has 0 aliphatic rings. The summed E-state index contributed by atoms with van der Waals surface area (Å²) in [5.41, 5.74) is -0.384. The van der Waals surface area contributed by atoms with Crippen molar-refractivity contribution in [1.82, 2.24) is 10.2 Å². The Morgan fingerprint density at radius 2 is 1.65 bits per heavy atom. The van der Waals surface area contributed by atoms with Crippen LogP contribution in [0.3, 0.4) is 0 Å². The van der Waals surface area contributed by atoms with Crippen molar-refractivity contribution in [3.63, 3.8) is 0 Å². The third kappa shape index (κ3) is 10.7. The van der Waals surface area contributed by atoms with Crippen molar-refractivity contribution < 1.29 is 5.11 Å². The molecule has 104 valence electrons. The van der Waals surface area contributed by atoms with Gasteiger partial charge in [-0.2, -0.15) is 0 Å². The average molecular weight is 244 g/mol. The van der Waals surface area contributed by atoms with E-state index in [-0.39, 0.29) is 5.41 Å². The predicted molar refractivity (Wildman–Crippen MR) is 75.3 cm³/mol. The summed E-state index contributed by atoms with van der Waals surface area (Å²) in [7, 11) is 2.07. The minimum atomic E-state index is -0.615. The lowest BCUT2D eigenvalue weighted by atomic mass is 9.92. The summed E-state index contributed by atoms with van der Waals surface area (Å²) in [6.07, 6.45) is 0. The molecule has 3 heteroatoms. The molecule has 17 heavy (non-hydrogen) atoms. The van der Waals surface area contributed by atoms with E-state index >= 15 is 0 Å². The third-order valence-electron chi connectivity index (χ3n) is 2.51. The van der Waals surface area contributed by atoms with Gasteiger partial charge in [0.15, 0.2) is 0 Å². The Balaban J connectivity index is 3.98. The summed E-state index contributed by atoms with van der Waals surface area (Å²) in [4.78, 5) is 2.21. The van der Waals surface area contributed by atoms with Crippen LogP contribution in [0.2, 0.25) is 0 Å². The summed E-state index contributed by atoms with van der Waals surface area (Å²) in [6, 6.07) is 0. The van der Waals surface area contributed by atoms with Crippen LogP contribution in [-0.2, 0) is 0 Å². The van der Waals surface area contributed by atoms with Crippen LogP contribution in [0.15, 0.2) is 0 Å². The fourth-order valence-corrected chi connectivity index (χ4v) is 2.20. The van der Waals surface area contributed by atoms with Crippen LogP contribution in [0.4, 0.5) is 0 Å². The smallest absolute Gasteiger partial charge is 0.0718 e. The number of hydrogen-bond acceptors (Lipinski definition) is 3. The molecule has 2 N–H and O–H groups in total. The van der Waals surface area contributed by atoms with Crippen molar-refractivity contribution >= 4 is 0 Å². The standard InChI is InChI=1S/C14H32N2O/c1-12(2)8-15-9-13(3,4)10-16(7)11-14(5,6)17/h12,15,17H,8-11H2,1-7H3. The number of nitrogens with zero attached hydrogens (tertiary/aromatic N) is 1. The first-order chi connectivity index (χ1) is 7.52. The molecule has 0 aliphatic carbocycles. The fraction of sp³-hybridized carbons (Fsp3) is 1.00. The van der Waals surface area contributed by atoms with Gasteiger partial charge in [0.2, 0.25) is 0 Å². The molecule has 0 rings (SSSR count). The molecule has 0 fully saturated rings. The Bertz CT molecular complexity index is 207. The lowest BCUT2D eigenvalue weighted by Gasteiger charge is -2.33. The van der Waals surface area contributed by atoms with Crippen molar-refractivity contribution in [2.45, 2.75) is 47.1 Å². The zero-order valence-corrected chi connectivity index (χ0v) is 12.8. The molecule has 0 aromatic rings. The maximum absolute atomic E-state index is 9.78. The highest BCUT2D eigenvalue weighted by Crippen LogP contribution is 2.16. The molecule has 0 saturated carbocycles. The fourth-order valence-electron chi connectivity index (χ4n) is 2.20. The van der Waals surface area contributed by atoms with Crippen molar-refractivity contribution in [3.05, 3.63) is 0 Å². The summed E-state index contributed by atoms with van der Waals surface area (Å²) < 4.78 is 0. The van der Waals surface area contributed by atoms with Gasteiger partial charge in [-0.15, -0.1) is 0 Å². The van der Waals surface area contributed by atoms with Crippen LogP contribution >= 0.6 is 0 Å². The summed E-state index contributed by atoms with van der Waals surface area (Å²) in [5, 5.41) is 13.3. The molecule has 0 aliphatic heterocycles. The number of nitrogens with one attached hydrogen (secondary N) is 1. The normalized spacial score (nSPS) is 13.8. The molecular weight excluding hydrogens is 212 g/mol. The van der Waals surface area contributed by atoms with Crippen LogP contribution in [0, 0.1) is 11.3 Å². The first-order valence-electron chi connectivity index (χ1n) is 6.63. The highest BCUT2D eigenvalue weighted by molar-refractivity contribution is 4.78. The van der Waals surface area contributed by atoms with Crippen LogP contribution in [-0.4, -0.2) is 48.8 Å². The topological polar surface area (TPSA) is 35.5 Å². The monoisotopic (exact) mass is 244 g/mol. The SMILES string of the molecule is CC(C)CNCC(C)(C)CN(C)CC(C)(C)O. The van der Waals surface area contributed by atoms with E-state index in [0.717, 1.165) is 19.6 Å². The minimum absolute atomic E-state index is 0.231. The maximum atomic E-state index is 9.78. The Labute approximate surface area is 108 Å². The Kier molecular flexibility index (Phi) is 6.67. The third-order valence-corrected chi connectivity index (χ3v) is 2.51. The lowest BCUT2D eigenvalue weighted by molar-refractivity contribution is 0.0340. The quantitative estimate of drug-likeness (QED) is 0.685. The van der Waals surface area contributed by atoms with Gasteiger partial charge in [-0.25, -0.2) is 0 Å². The molecule has 0 spiro atoms. The average Bonchev–Trinajstić information content (AvgIpc) is 1.96. The molecule has 0 radical (unpaired) electrons. The second kappa shape index (κ2) is 6.72. The largest absolute Gasteiger partial charge is 0.389 e. The van der Waals surface area contributed by atoms with Crippen LogP contribution in [0.25, 0.3) is 0 Å². The number of rotatable bonds is 8. The van der Waals surface area contributed by atoms with E-state index in [9.17, 15) is 5.11 Å². The second-order valence-corrected chi connectivity index (χ2v) is 7.17. The van der Waals surface area contributed by atoms with Gasteiger partial charge in [-0.3, -0.25) is 0 Å². The molecule has 0 atom stereocenters. The van der Waals surface area contributed by atoms with Crippen molar-refractivity contribution in [2.24, 2.45) is 11.3 Å². The van der Waals surface area contributed by atoms with E-state index in [4.69, 9.17) is 0 Å². The van der Waals surface area contributed by atoms with E-state index in [0.29, 0.717) is 12.5 Å². The number of hydrogen-bond donors (Lipinski definition) is 2. The van der Waals surface area contributed by atoms with Gasteiger partial charge in [0, 0.05) is 19.6 Å². The Morgan fingerprint density at radius 1 is 1.12 bits per heavy atom. The first kappa shape index (κ1) is 16.9. The van der Waals surface area contributed by atoms with Crippen LogP contribution in [0.5, 0.6) is 0 Å². The van der Waals surface area contributed by atoms with Crippen LogP contribution in [0.1, 0.15) is 41.5 Å². The summed E-state index contributed by atoms with van der Waals surface area (Å²) in [5.74, 6) is 0.694. The second-order valence-electron chi connectivity index (χ2n) is 7.17. The van der Waals surface area contributed by atoms with Gasteiger partial charge in [-0.05, 0) is 38.8 Å². The van der Waals surface area contributed by atoms with Crippen LogP contribution < -0.4 is 5.32 Å². The van der Waals surface area contributed by atoms with E-state index in [1.54, 1.807) is 0 Å². The molecule has 0 unspecified atom stereocenters. The van der Waals surface area contributed by atoms with E-state index in [2.05, 4.69) is 45.0 Å². The van der Waals surface area contributed by atoms with E-state index < -0.39 is 5.60 Å². The molecule has 0 aromatic carbocycles. The Morgan fingerprint density at radius 3 is 2.06 bits per heavy atom. The molecule has 0 amide bonds. The summed E-state index contributed by atoms with van der Waals surface area (Å²) in [6.45, 7) is 16.5. The molecular formula is C14H32N2O. The predicted octanol–water partition coefficient (Wildman–Crippen LogP) is 1.96. The first-order valence-corrected chi connectivity index (χ1v) is 6.63. The van der Waals surface area contributed by atoms with Crippen molar-refractivity contribution in [2.75, 3.05) is 33.2 Å². The summed E-state index contributed by atoms with van der Waals surface area (Å²) >= 11 is 0. The van der Waals surface area contributed by atoms with Crippen molar-refractivity contribution in [3.8, 4) is 0 Å². The molecule has 0 bridgehead atoms. The highest BCUT2D eigenvalue weighted by Gasteiger charge is 2.23. The Hall–Kier alpha value is -0.120. The van der Waals surface area contributed by atoms with E-state index in [1.807, 2.05) is 13.8 Å². The molecule has 0 saturated heterocycles. The number of aliphatic hydroxyl groups is 1. The van der Waals surface area contributed by atoms with Gasteiger partial charge in [-0.1, -0.05) is 27.7 Å². The maximum Gasteiger partial charge on any atom is 0.0718 e. The molecule has 0 heterocycles. The van der Waals surface area contributed by atoms with Gasteiger partial charge >= 0.3 is 0 Å². The number of likely N-dealkylation sites (N-methyl/N-ethyl adjacent to an activating group) is 1. The van der Waals surface area contributed by atoms with Gasteiger partial charge in [0.05, 0.1) is 5.60 Å². The highest BCUT2D eigenvalue weighted by atomic mass is 16.3. The zero-order valence-electron chi connectivity index (χ0n) is 12.8. The van der Waals surface area contributed by atoms with Crippen molar-refractivity contribution in [1.29, 1.82) is 0 Å². The lowest BCUT2D eigenvalue weighted by Crippen LogP contribution is -2.44. The molecule has 0 aromatic heterocycles. The van der Waals surface area contributed by atoms with Gasteiger partial charge in [0.1, 0.15) is 0 Å². The zero-order chi connectivity index (χ0) is 13.7. The van der Waals surface area contributed by atoms with Gasteiger partial charge in [0.25, 0.3) is 0 Å². The van der Waals surface area contributed by atoms with E-state index in [1.165, 1.54) is 0 Å². The molecule has 3 nitrogen and oxygen atoms in total.